The topological polar surface area (TPSA) is 67.9 Å². The number of ether oxygens (including phenoxy) is 2. The molecule has 22 heavy (non-hydrogen) atoms. The molecule has 1 N–H and O–H groups in total. The Bertz CT molecular complexity index is 508. The van der Waals surface area contributed by atoms with Crippen molar-refractivity contribution in [2.75, 3.05) is 27.3 Å². The van der Waals surface area contributed by atoms with Crippen molar-refractivity contribution in [3.63, 3.8) is 0 Å². The lowest BCUT2D eigenvalue weighted by Crippen LogP contribution is -2.43. The van der Waals surface area contributed by atoms with E-state index in [0.29, 0.717) is 11.7 Å². The van der Waals surface area contributed by atoms with Crippen LogP contribution >= 0.6 is 12.2 Å². The number of carbonyl (C=O) groups is 2. The summed E-state index contributed by atoms with van der Waals surface area (Å²) < 4.78 is 9.24. The monoisotopic (exact) mass is 324 g/mol. The predicted molar refractivity (Wildman–Crippen MR) is 86.1 cm³/mol. The van der Waals surface area contributed by atoms with E-state index in [1.54, 1.807) is 4.90 Å². The van der Waals surface area contributed by atoms with E-state index in [9.17, 15) is 9.59 Å². The van der Waals surface area contributed by atoms with Gasteiger partial charge in [-0.2, -0.15) is 0 Å². The molecule has 0 aliphatic rings. The van der Waals surface area contributed by atoms with Crippen LogP contribution in [0.2, 0.25) is 0 Å². The van der Waals surface area contributed by atoms with Gasteiger partial charge in [0.1, 0.15) is 6.54 Å². The first-order valence-corrected chi connectivity index (χ1v) is 7.18. The summed E-state index contributed by atoms with van der Waals surface area (Å²) >= 11 is 5.28. The van der Waals surface area contributed by atoms with Crippen LogP contribution in [0.3, 0.4) is 0 Å². The number of nitrogens with zero attached hydrogens (tertiary/aromatic N) is 1. The zero-order valence-electron chi connectivity index (χ0n) is 12.7. The normalized spacial score (nSPS) is 9.73. The van der Waals surface area contributed by atoms with Gasteiger partial charge < -0.3 is 19.7 Å². The molecule has 6 nitrogen and oxygen atoms in total. The van der Waals surface area contributed by atoms with Crippen molar-refractivity contribution in [2.24, 2.45) is 0 Å². The van der Waals surface area contributed by atoms with E-state index in [-0.39, 0.29) is 25.5 Å². The average Bonchev–Trinajstić information content (AvgIpc) is 2.56. The highest BCUT2D eigenvalue weighted by Crippen LogP contribution is 2.00. The number of carbonyl (C=O) groups excluding carboxylic acids is 2. The van der Waals surface area contributed by atoms with Gasteiger partial charge in [0.25, 0.3) is 0 Å². The van der Waals surface area contributed by atoms with Gasteiger partial charge in [0.15, 0.2) is 5.11 Å². The second-order valence-electron chi connectivity index (χ2n) is 4.47. The molecular weight excluding hydrogens is 304 g/mol. The molecular formula is C15H20N2O4S. The summed E-state index contributed by atoms with van der Waals surface area (Å²) in [7, 11) is 2.63. The summed E-state index contributed by atoms with van der Waals surface area (Å²) in [6.45, 7) is 0.798. The number of hydrogen-bond acceptors (Lipinski definition) is 5. The van der Waals surface area contributed by atoms with Crippen LogP contribution in [0.5, 0.6) is 0 Å². The Balaban J connectivity index is 2.57. The van der Waals surface area contributed by atoms with Crippen molar-refractivity contribution in [2.45, 2.75) is 13.0 Å². The average molecular weight is 324 g/mol. The SMILES string of the molecule is COC(=O)CCN(CC(=O)OC)C(=S)NCc1ccccc1. The molecule has 1 rings (SSSR count). The molecule has 0 unspecified atom stereocenters. The fourth-order valence-electron chi connectivity index (χ4n) is 1.69. The van der Waals surface area contributed by atoms with Gasteiger partial charge in [-0.05, 0) is 17.8 Å². The number of rotatable bonds is 7. The molecule has 0 heterocycles. The fourth-order valence-corrected chi connectivity index (χ4v) is 1.91. The molecule has 0 aliphatic heterocycles. The van der Waals surface area contributed by atoms with Gasteiger partial charge in [-0.1, -0.05) is 30.3 Å². The van der Waals surface area contributed by atoms with Crippen LogP contribution in [0, 0.1) is 0 Å². The van der Waals surface area contributed by atoms with Crippen molar-refractivity contribution in [3.8, 4) is 0 Å². The number of thiocarbonyl (C=S) groups is 1. The third-order valence-electron chi connectivity index (χ3n) is 2.93. The Morgan fingerprint density at radius 2 is 1.77 bits per heavy atom. The van der Waals surface area contributed by atoms with Crippen LogP contribution in [0.15, 0.2) is 30.3 Å². The van der Waals surface area contributed by atoms with Crippen molar-refractivity contribution in [3.05, 3.63) is 35.9 Å². The number of methoxy groups -OCH3 is 2. The van der Waals surface area contributed by atoms with Gasteiger partial charge in [-0.25, -0.2) is 0 Å². The lowest BCUT2D eigenvalue weighted by atomic mass is 10.2. The molecule has 0 aliphatic carbocycles. The van der Waals surface area contributed by atoms with E-state index in [1.165, 1.54) is 14.2 Å². The molecule has 0 atom stereocenters. The van der Waals surface area contributed by atoms with E-state index in [0.717, 1.165) is 5.56 Å². The molecule has 0 saturated heterocycles. The summed E-state index contributed by atoms with van der Waals surface area (Å²) in [5.74, 6) is -0.783. The molecule has 0 bridgehead atoms. The first-order valence-electron chi connectivity index (χ1n) is 6.77. The van der Waals surface area contributed by atoms with Crippen molar-refractivity contribution in [1.82, 2.24) is 10.2 Å². The van der Waals surface area contributed by atoms with E-state index in [1.807, 2.05) is 30.3 Å². The summed E-state index contributed by atoms with van der Waals surface area (Å²) in [6, 6.07) is 9.73. The minimum Gasteiger partial charge on any atom is -0.469 e. The van der Waals surface area contributed by atoms with Gasteiger partial charge in [0.2, 0.25) is 0 Å². The van der Waals surface area contributed by atoms with E-state index < -0.39 is 5.97 Å². The number of hydrogen-bond donors (Lipinski definition) is 1. The molecule has 120 valence electrons. The highest BCUT2D eigenvalue weighted by atomic mass is 32.1. The van der Waals surface area contributed by atoms with Gasteiger partial charge >= 0.3 is 11.9 Å². The Hall–Kier alpha value is -2.15. The van der Waals surface area contributed by atoms with Crippen LogP contribution in [-0.4, -0.2) is 49.3 Å². The van der Waals surface area contributed by atoms with Crippen molar-refractivity contribution < 1.29 is 19.1 Å². The van der Waals surface area contributed by atoms with Crippen LogP contribution in [-0.2, 0) is 25.6 Å². The molecule has 0 aromatic heterocycles. The maximum Gasteiger partial charge on any atom is 0.325 e. The Kier molecular flexibility index (Phi) is 7.91. The van der Waals surface area contributed by atoms with Gasteiger partial charge in [-0.15, -0.1) is 0 Å². The van der Waals surface area contributed by atoms with E-state index >= 15 is 0 Å². The number of esters is 2. The third-order valence-corrected chi connectivity index (χ3v) is 3.34. The zero-order chi connectivity index (χ0) is 16.4. The molecule has 7 heteroatoms. The maximum absolute atomic E-state index is 11.4. The first kappa shape index (κ1) is 17.9. The van der Waals surface area contributed by atoms with E-state index in [4.69, 9.17) is 12.2 Å². The van der Waals surface area contributed by atoms with Crippen molar-refractivity contribution >= 4 is 29.3 Å². The third kappa shape index (κ3) is 6.53. The standard InChI is InChI=1S/C15H20N2O4S/c1-20-13(18)8-9-17(11-14(19)21-2)15(22)16-10-12-6-4-3-5-7-12/h3-7H,8-11H2,1-2H3,(H,16,22). The van der Waals surface area contributed by atoms with Crippen molar-refractivity contribution in [1.29, 1.82) is 0 Å². The fraction of sp³-hybridized carbons (Fsp3) is 0.400. The minimum atomic E-state index is -0.422. The van der Waals surface area contributed by atoms with Gasteiger partial charge in [0.05, 0.1) is 20.6 Å². The summed E-state index contributed by atoms with van der Waals surface area (Å²) in [4.78, 5) is 24.3. The van der Waals surface area contributed by atoms with Crippen LogP contribution in [0.1, 0.15) is 12.0 Å². The van der Waals surface area contributed by atoms with Gasteiger partial charge in [0, 0.05) is 13.1 Å². The second kappa shape index (κ2) is 9.73. The van der Waals surface area contributed by atoms with Crippen LogP contribution in [0.25, 0.3) is 0 Å². The zero-order valence-corrected chi connectivity index (χ0v) is 13.5. The highest BCUT2D eigenvalue weighted by Gasteiger charge is 2.16. The van der Waals surface area contributed by atoms with Crippen LogP contribution in [0.4, 0.5) is 0 Å². The summed E-state index contributed by atoms with van der Waals surface area (Å²) in [5, 5.41) is 3.45. The molecule has 0 spiro atoms. The molecule has 0 fully saturated rings. The summed E-state index contributed by atoms with van der Waals surface area (Å²) in [6.07, 6.45) is 0.140. The largest absolute Gasteiger partial charge is 0.469 e. The molecule has 0 radical (unpaired) electrons. The Labute approximate surface area is 135 Å². The maximum atomic E-state index is 11.4. The quantitative estimate of drug-likeness (QED) is 0.595. The smallest absolute Gasteiger partial charge is 0.325 e. The van der Waals surface area contributed by atoms with E-state index in [2.05, 4.69) is 14.8 Å². The molecule has 1 aromatic carbocycles. The van der Waals surface area contributed by atoms with Crippen LogP contribution < -0.4 is 5.32 Å². The minimum absolute atomic E-state index is 0.0197. The molecule has 0 amide bonds. The first-order chi connectivity index (χ1) is 10.6. The Morgan fingerprint density at radius 3 is 2.36 bits per heavy atom. The number of nitrogens with one attached hydrogen (secondary N) is 1. The highest BCUT2D eigenvalue weighted by molar-refractivity contribution is 7.80. The lowest BCUT2D eigenvalue weighted by molar-refractivity contribution is -0.143. The number of benzene rings is 1. The summed E-state index contributed by atoms with van der Waals surface area (Å²) in [5.41, 5.74) is 1.07. The Morgan fingerprint density at radius 1 is 1.14 bits per heavy atom. The second-order valence-corrected chi connectivity index (χ2v) is 4.85. The molecule has 0 saturated carbocycles. The lowest BCUT2D eigenvalue weighted by Gasteiger charge is -2.24. The van der Waals surface area contributed by atoms with Gasteiger partial charge in [-0.3, -0.25) is 9.59 Å². The molecule has 1 aromatic rings. The predicted octanol–water partition coefficient (Wildman–Crippen LogP) is 1.10.